The van der Waals surface area contributed by atoms with E-state index < -0.39 is 0 Å². The Morgan fingerprint density at radius 2 is 2.05 bits per heavy atom. The molecule has 0 amide bonds. The second-order valence-corrected chi connectivity index (χ2v) is 5.03. The van der Waals surface area contributed by atoms with E-state index in [9.17, 15) is 0 Å². The number of aromatic amines is 1. The number of nitrogens with one attached hydrogen (secondary N) is 1. The summed E-state index contributed by atoms with van der Waals surface area (Å²) >= 11 is 5.24. The van der Waals surface area contributed by atoms with Gasteiger partial charge in [0.25, 0.3) is 0 Å². The Morgan fingerprint density at radius 1 is 1.32 bits per heavy atom. The highest BCUT2D eigenvalue weighted by atomic mass is 32.1. The zero-order valence-corrected chi connectivity index (χ0v) is 12.3. The predicted molar refractivity (Wildman–Crippen MR) is 80.1 cm³/mol. The first-order valence-electron chi connectivity index (χ1n) is 6.45. The zero-order chi connectivity index (χ0) is 13.8. The first-order valence-corrected chi connectivity index (χ1v) is 6.86. The summed E-state index contributed by atoms with van der Waals surface area (Å²) in [5.41, 5.74) is 2.03. The van der Waals surface area contributed by atoms with E-state index in [1.807, 2.05) is 37.3 Å². The van der Waals surface area contributed by atoms with Gasteiger partial charge < -0.3 is 9.72 Å². The molecule has 0 radical (unpaired) electrons. The topological polar surface area (TPSA) is 37.9 Å². The van der Waals surface area contributed by atoms with Crippen molar-refractivity contribution >= 4 is 12.2 Å². The molecule has 3 nitrogen and oxygen atoms in total. The lowest BCUT2D eigenvalue weighted by atomic mass is 10.1. The number of rotatable bonds is 4. The molecule has 0 saturated carbocycles. The van der Waals surface area contributed by atoms with Crippen molar-refractivity contribution in [3.63, 3.8) is 0 Å². The molecule has 4 heteroatoms. The van der Waals surface area contributed by atoms with Crippen LogP contribution in [0.25, 0.3) is 11.4 Å². The molecular formula is C15H18N2OS. The average molecular weight is 274 g/mol. The number of ether oxygens (including phenoxy) is 1. The molecule has 1 aromatic carbocycles. The van der Waals surface area contributed by atoms with E-state index in [-0.39, 0.29) is 0 Å². The molecule has 1 heterocycles. The number of hydrogen-bond acceptors (Lipinski definition) is 3. The van der Waals surface area contributed by atoms with Gasteiger partial charge in [-0.3, -0.25) is 0 Å². The third-order valence-corrected chi connectivity index (χ3v) is 3.04. The van der Waals surface area contributed by atoms with Crippen LogP contribution in [-0.4, -0.2) is 16.6 Å². The molecule has 2 rings (SSSR count). The van der Waals surface area contributed by atoms with Crippen LogP contribution in [0.15, 0.2) is 30.3 Å². The number of aromatic nitrogens is 2. The van der Waals surface area contributed by atoms with Gasteiger partial charge in [-0.15, -0.1) is 0 Å². The van der Waals surface area contributed by atoms with E-state index in [2.05, 4.69) is 23.8 Å². The predicted octanol–water partition coefficient (Wildman–Crippen LogP) is 4.33. The maximum atomic E-state index is 5.64. The fourth-order valence-electron chi connectivity index (χ4n) is 1.86. The Balaban J connectivity index is 2.55. The smallest absolute Gasteiger partial charge is 0.142 e. The minimum absolute atomic E-state index is 0.378. The third-order valence-electron chi connectivity index (χ3n) is 2.83. The van der Waals surface area contributed by atoms with Gasteiger partial charge in [0, 0.05) is 5.69 Å². The number of benzene rings is 1. The molecule has 0 aliphatic rings. The van der Waals surface area contributed by atoms with E-state index in [1.165, 1.54) is 0 Å². The van der Waals surface area contributed by atoms with Crippen molar-refractivity contribution in [1.82, 2.24) is 9.97 Å². The average Bonchev–Trinajstić information content (AvgIpc) is 2.39. The summed E-state index contributed by atoms with van der Waals surface area (Å²) in [4.78, 5) is 7.75. The molecule has 100 valence electrons. The van der Waals surface area contributed by atoms with E-state index in [0.717, 1.165) is 22.8 Å². The van der Waals surface area contributed by atoms with Gasteiger partial charge in [-0.1, -0.05) is 38.2 Å². The number of hydrogen-bond donors (Lipinski definition) is 1. The van der Waals surface area contributed by atoms with Crippen LogP contribution >= 0.6 is 12.2 Å². The van der Waals surface area contributed by atoms with Crippen molar-refractivity contribution in [3.05, 3.63) is 40.7 Å². The summed E-state index contributed by atoms with van der Waals surface area (Å²) in [6.07, 6.45) is 0. The quantitative estimate of drug-likeness (QED) is 0.843. The van der Waals surface area contributed by atoms with Crippen molar-refractivity contribution in [2.75, 3.05) is 6.61 Å². The van der Waals surface area contributed by atoms with Gasteiger partial charge >= 0.3 is 0 Å². The summed E-state index contributed by atoms with van der Waals surface area (Å²) in [6.45, 7) is 6.84. The number of para-hydroxylation sites is 1. The number of H-pyrrole nitrogens is 1. The molecule has 0 spiro atoms. The van der Waals surface area contributed by atoms with Gasteiger partial charge in [-0.2, -0.15) is 0 Å². The van der Waals surface area contributed by atoms with Gasteiger partial charge in [0.2, 0.25) is 0 Å². The van der Waals surface area contributed by atoms with Crippen LogP contribution in [0.2, 0.25) is 0 Å². The maximum absolute atomic E-state index is 5.64. The van der Waals surface area contributed by atoms with Crippen molar-refractivity contribution in [2.24, 2.45) is 0 Å². The minimum atomic E-state index is 0.378. The molecule has 0 unspecified atom stereocenters. The minimum Gasteiger partial charge on any atom is -0.493 e. The van der Waals surface area contributed by atoms with E-state index in [0.29, 0.717) is 17.2 Å². The molecule has 0 aliphatic heterocycles. The molecular weight excluding hydrogens is 256 g/mol. The van der Waals surface area contributed by atoms with Crippen molar-refractivity contribution in [1.29, 1.82) is 0 Å². The fourth-order valence-corrected chi connectivity index (χ4v) is 2.08. The molecule has 0 fully saturated rings. The molecule has 1 N–H and O–H groups in total. The van der Waals surface area contributed by atoms with Crippen LogP contribution in [0.1, 0.15) is 32.4 Å². The Labute approximate surface area is 118 Å². The first kappa shape index (κ1) is 13.7. The van der Waals surface area contributed by atoms with Gasteiger partial charge in [-0.05, 0) is 31.0 Å². The Morgan fingerprint density at radius 3 is 2.74 bits per heavy atom. The molecule has 0 atom stereocenters. The molecule has 2 aromatic rings. The van der Waals surface area contributed by atoms with E-state index in [4.69, 9.17) is 17.0 Å². The third kappa shape index (κ3) is 3.20. The van der Waals surface area contributed by atoms with Crippen LogP contribution in [-0.2, 0) is 0 Å². The standard InChI is InChI=1S/C15H18N2OS/c1-4-18-13-8-6-5-7-11(13)15-16-12(10(2)3)9-14(19)17-15/h5-10H,4H2,1-3H3,(H,16,17,19). The van der Waals surface area contributed by atoms with Gasteiger partial charge in [0.05, 0.1) is 12.2 Å². The van der Waals surface area contributed by atoms with Crippen LogP contribution < -0.4 is 4.74 Å². The summed E-state index contributed by atoms with van der Waals surface area (Å²) in [6, 6.07) is 9.77. The van der Waals surface area contributed by atoms with Crippen LogP contribution in [0.3, 0.4) is 0 Å². The molecule has 19 heavy (non-hydrogen) atoms. The maximum Gasteiger partial charge on any atom is 0.142 e. The molecule has 0 aliphatic carbocycles. The SMILES string of the molecule is CCOc1ccccc1-c1nc(=S)cc(C(C)C)[nH]1. The van der Waals surface area contributed by atoms with Crippen LogP contribution in [0.4, 0.5) is 0 Å². The summed E-state index contributed by atoms with van der Waals surface area (Å²) < 4.78 is 6.24. The largest absolute Gasteiger partial charge is 0.493 e. The van der Waals surface area contributed by atoms with Crippen molar-refractivity contribution in [3.8, 4) is 17.1 Å². The van der Waals surface area contributed by atoms with E-state index >= 15 is 0 Å². The summed E-state index contributed by atoms with van der Waals surface area (Å²) in [7, 11) is 0. The van der Waals surface area contributed by atoms with Gasteiger partial charge in [0.15, 0.2) is 0 Å². The highest BCUT2D eigenvalue weighted by molar-refractivity contribution is 7.71. The van der Waals surface area contributed by atoms with Gasteiger partial charge in [0.1, 0.15) is 16.2 Å². The Kier molecular flexibility index (Phi) is 4.32. The fraction of sp³-hybridized carbons (Fsp3) is 0.333. The van der Waals surface area contributed by atoms with Crippen molar-refractivity contribution in [2.45, 2.75) is 26.7 Å². The molecule has 1 aromatic heterocycles. The Bertz CT molecular complexity index is 620. The summed E-state index contributed by atoms with van der Waals surface area (Å²) in [5, 5.41) is 0. The lowest BCUT2D eigenvalue weighted by Crippen LogP contribution is -2.00. The second-order valence-electron chi connectivity index (χ2n) is 4.61. The monoisotopic (exact) mass is 274 g/mol. The molecule has 0 saturated heterocycles. The van der Waals surface area contributed by atoms with E-state index in [1.54, 1.807) is 0 Å². The lowest BCUT2D eigenvalue weighted by molar-refractivity contribution is 0.341. The van der Waals surface area contributed by atoms with Crippen LogP contribution in [0, 0.1) is 4.64 Å². The highest BCUT2D eigenvalue weighted by Gasteiger charge is 2.09. The summed E-state index contributed by atoms with van der Waals surface area (Å²) in [5.74, 6) is 1.96. The lowest BCUT2D eigenvalue weighted by Gasteiger charge is -2.12. The van der Waals surface area contributed by atoms with Gasteiger partial charge in [-0.25, -0.2) is 4.98 Å². The number of nitrogens with zero attached hydrogens (tertiary/aromatic N) is 1. The second kappa shape index (κ2) is 5.97. The highest BCUT2D eigenvalue weighted by Crippen LogP contribution is 2.28. The van der Waals surface area contributed by atoms with Crippen LogP contribution in [0.5, 0.6) is 5.75 Å². The molecule has 0 bridgehead atoms. The normalized spacial score (nSPS) is 10.7. The Hall–Kier alpha value is -1.68. The van der Waals surface area contributed by atoms with Crippen molar-refractivity contribution < 1.29 is 4.74 Å². The zero-order valence-electron chi connectivity index (χ0n) is 11.4. The first-order chi connectivity index (χ1) is 9.11.